The summed E-state index contributed by atoms with van der Waals surface area (Å²) in [6.07, 6.45) is 5.04. The number of benzene rings is 1. The molecule has 0 aliphatic carbocycles. The average molecular weight is 290 g/mol. The van der Waals surface area contributed by atoms with Crippen LogP contribution in [0.5, 0.6) is 0 Å². The standard InChI is InChI=1S/C17H10N2OS/c20-17(12-7-16-15(19-9-12)5-6-21-16)14-10-18-8-11-3-1-2-4-13(11)14/h1-10H. The van der Waals surface area contributed by atoms with Gasteiger partial charge in [0.1, 0.15) is 0 Å². The summed E-state index contributed by atoms with van der Waals surface area (Å²) in [7, 11) is 0. The number of nitrogens with zero attached hydrogens (tertiary/aromatic N) is 2. The minimum atomic E-state index is -0.0397. The molecule has 0 aliphatic rings. The van der Waals surface area contributed by atoms with E-state index in [1.54, 1.807) is 29.9 Å². The van der Waals surface area contributed by atoms with Gasteiger partial charge >= 0.3 is 0 Å². The van der Waals surface area contributed by atoms with Crippen molar-refractivity contribution in [2.24, 2.45) is 0 Å². The highest BCUT2D eigenvalue weighted by atomic mass is 32.1. The van der Waals surface area contributed by atoms with Gasteiger partial charge in [0.25, 0.3) is 0 Å². The Balaban J connectivity index is 1.89. The molecule has 4 rings (SSSR count). The highest BCUT2D eigenvalue weighted by Crippen LogP contribution is 2.23. The van der Waals surface area contributed by atoms with Crippen LogP contribution >= 0.6 is 11.3 Å². The molecule has 4 heteroatoms. The molecule has 0 N–H and O–H groups in total. The van der Waals surface area contributed by atoms with Crippen LogP contribution in [0, 0.1) is 0 Å². The first-order valence-corrected chi connectivity index (χ1v) is 7.41. The van der Waals surface area contributed by atoms with Crippen molar-refractivity contribution in [1.29, 1.82) is 0 Å². The summed E-state index contributed by atoms with van der Waals surface area (Å²) in [5.74, 6) is -0.0397. The van der Waals surface area contributed by atoms with Crippen LogP contribution in [0.3, 0.4) is 0 Å². The highest BCUT2D eigenvalue weighted by molar-refractivity contribution is 7.17. The first-order chi connectivity index (χ1) is 10.3. The van der Waals surface area contributed by atoms with Crippen molar-refractivity contribution >= 4 is 38.1 Å². The monoisotopic (exact) mass is 290 g/mol. The minimum absolute atomic E-state index is 0.0397. The van der Waals surface area contributed by atoms with Crippen LogP contribution in [0.1, 0.15) is 15.9 Å². The molecule has 0 unspecified atom stereocenters. The maximum Gasteiger partial charge on any atom is 0.196 e. The molecule has 0 aliphatic heterocycles. The predicted octanol–water partition coefficient (Wildman–Crippen LogP) is 4.08. The number of fused-ring (bicyclic) bond motifs is 2. The lowest BCUT2D eigenvalue weighted by atomic mass is 10.0. The van der Waals surface area contributed by atoms with E-state index in [2.05, 4.69) is 9.97 Å². The van der Waals surface area contributed by atoms with Crippen LogP contribution in [-0.2, 0) is 0 Å². The Kier molecular flexibility index (Phi) is 2.75. The molecule has 3 heterocycles. The molecule has 21 heavy (non-hydrogen) atoms. The maximum absolute atomic E-state index is 12.8. The second kappa shape index (κ2) is 4.75. The number of hydrogen-bond acceptors (Lipinski definition) is 4. The summed E-state index contributed by atoms with van der Waals surface area (Å²) < 4.78 is 1.02. The van der Waals surface area contributed by atoms with Crippen molar-refractivity contribution in [3.05, 3.63) is 71.5 Å². The van der Waals surface area contributed by atoms with Gasteiger partial charge in [0.05, 0.1) is 10.2 Å². The fourth-order valence-electron chi connectivity index (χ4n) is 2.42. The molecule has 0 saturated heterocycles. The Bertz CT molecular complexity index is 969. The van der Waals surface area contributed by atoms with E-state index in [1.165, 1.54) is 0 Å². The second-order valence-corrected chi connectivity index (χ2v) is 5.71. The number of rotatable bonds is 2. The number of hydrogen-bond donors (Lipinski definition) is 0. The number of ketones is 1. The summed E-state index contributed by atoms with van der Waals surface area (Å²) in [5, 5.41) is 3.86. The van der Waals surface area contributed by atoms with E-state index in [9.17, 15) is 4.79 Å². The number of thiophene rings is 1. The van der Waals surface area contributed by atoms with Crippen molar-refractivity contribution in [2.75, 3.05) is 0 Å². The third kappa shape index (κ3) is 2.00. The van der Waals surface area contributed by atoms with Crippen molar-refractivity contribution in [3.8, 4) is 0 Å². The molecule has 0 radical (unpaired) electrons. The zero-order valence-corrected chi connectivity index (χ0v) is 11.8. The summed E-state index contributed by atoms with van der Waals surface area (Å²) in [6, 6.07) is 11.6. The molecular formula is C17H10N2OS. The molecule has 0 spiro atoms. The Labute approximate surface area is 124 Å². The summed E-state index contributed by atoms with van der Waals surface area (Å²) >= 11 is 1.59. The van der Waals surface area contributed by atoms with Gasteiger partial charge in [0.2, 0.25) is 0 Å². The van der Waals surface area contributed by atoms with Crippen molar-refractivity contribution in [3.63, 3.8) is 0 Å². The topological polar surface area (TPSA) is 42.9 Å². The fourth-order valence-corrected chi connectivity index (χ4v) is 3.20. The second-order valence-electron chi connectivity index (χ2n) is 4.77. The molecular weight excluding hydrogens is 280 g/mol. The fraction of sp³-hybridized carbons (Fsp3) is 0. The maximum atomic E-state index is 12.8. The first-order valence-electron chi connectivity index (χ1n) is 6.53. The molecule has 1 aromatic carbocycles. The lowest BCUT2D eigenvalue weighted by Crippen LogP contribution is -2.03. The molecule has 0 amide bonds. The zero-order chi connectivity index (χ0) is 14.2. The summed E-state index contributed by atoms with van der Waals surface area (Å²) in [4.78, 5) is 21.3. The third-order valence-corrected chi connectivity index (χ3v) is 4.33. The van der Waals surface area contributed by atoms with Gasteiger partial charge in [0.15, 0.2) is 5.78 Å². The van der Waals surface area contributed by atoms with Crippen molar-refractivity contribution in [2.45, 2.75) is 0 Å². The van der Waals surface area contributed by atoms with Crippen LogP contribution in [0.15, 0.2) is 60.4 Å². The van der Waals surface area contributed by atoms with Gasteiger partial charge in [-0.3, -0.25) is 14.8 Å². The Morgan fingerprint density at radius 1 is 1.05 bits per heavy atom. The van der Waals surface area contributed by atoms with Gasteiger partial charge in [-0.05, 0) is 22.9 Å². The Hall–Kier alpha value is -2.59. The predicted molar refractivity (Wildman–Crippen MR) is 84.8 cm³/mol. The van der Waals surface area contributed by atoms with Gasteiger partial charge in [-0.15, -0.1) is 11.3 Å². The molecule has 0 fully saturated rings. The molecule has 3 nitrogen and oxygen atoms in total. The average Bonchev–Trinajstić information content (AvgIpc) is 3.01. The van der Waals surface area contributed by atoms with E-state index >= 15 is 0 Å². The van der Waals surface area contributed by atoms with Gasteiger partial charge in [-0.25, -0.2) is 0 Å². The van der Waals surface area contributed by atoms with Crippen molar-refractivity contribution < 1.29 is 4.79 Å². The quantitative estimate of drug-likeness (QED) is 0.522. The lowest BCUT2D eigenvalue weighted by Gasteiger charge is -2.05. The van der Waals surface area contributed by atoms with Gasteiger partial charge < -0.3 is 0 Å². The van der Waals surface area contributed by atoms with E-state index in [-0.39, 0.29) is 5.78 Å². The molecule has 100 valence electrons. The normalized spacial score (nSPS) is 11.0. The number of carbonyl (C=O) groups excluding carboxylic acids is 1. The van der Waals surface area contributed by atoms with E-state index in [4.69, 9.17) is 0 Å². The zero-order valence-electron chi connectivity index (χ0n) is 11.0. The third-order valence-electron chi connectivity index (χ3n) is 3.48. The smallest absolute Gasteiger partial charge is 0.196 e. The van der Waals surface area contributed by atoms with Gasteiger partial charge in [0, 0.05) is 35.1 Å². The van der Waals surface area contributed by atoms with Gasteiger partial charge in [-0.1, -0.05) is 24.3 Å². The molecule has 0 saturated carbocycles. The van der Waals surface area contributed by atoms with Crippen LogP contribution in [0.25, 0.3) is 21.0 Å². The number of pyridine rings is 2. The van der Waals surface area contributed by atoms with Crippen LogP contribution in [0.4, 0.5) is 0 Å². The van der Waals surface area contributed by atoms with E-state index in [1.807, 2.05) is 41.8 Å². The van der Waals surface area contributed by atoms with Gasteiger partial charge in [-0.2, -0.15) is 0 Å². The van der Waals surface area contributed by atoms with Crippen molar-refractivity contribution in [1.82, 2.24) is 9.97 Å². The van der Waals surface area contributed by atoms with Crippen LogP contribution < -0.4 is 0 Å². The molecule has 3 aromatic heterocycles. The Morgan fingerprint density at radius 3 is 2.90 bits per heavy atom. The molecule has 0 atom stereocenters. The number of aromatic nitrogens is 2. The largest absolute Gasteiger partial charge is 0.288 e. The summed E-state index contributed by atoms with van der Waals surface area (Å²) in [5.41, 5.74) is 2.14. The minimum Gasteiger partial charge on any atom is -0.288 e. The van der Waals surface area contributed by atoms with E-state index in [0.717, 1.165) is 21.0 Å². The van der Waals surface area contributed by atoms with E-state index in [0.29, 0.717) is 11.1 Å². The SMILES string of the molecule is O=C(c1cnc2ccsc2c1)c1cncc2ccccc12. The lowest BCUT2D eigenvalue weighted by molar-refractivity contribution is 0.104. The van der Waals surface area contributed by atoms with Crippen LogP contribution in [-0.4, -0.2) is 15.8 Å². The van der Waals surface area contributed by atoms with E-state index < -0.39 is 0 Å². The molecule has 4 aromatic rings. The van der Waals surface area contributed by atoms with Crippen LogP contribution in [0.2, 0.25) is 0 Å². The first kappa shape index (κ1) is 12.2. The number of carbonyl (C=O) groups is 1. The highest BCUT2D eigenvalue weighted by Gasteiger charge is 2.14. The summed E-state index contributed by atoms with van der Waals surface area (Å²) in [6.45, 7) is 0. The molecule has 0 bridgehead atoms. The Morgan fingerprint density at radius 2 is 1.95 bits per heavy atom.